The Morgan fingerprint density at radius 2 is 2.31 bits per heavy atom. The molecule has 1 atom stereocenters. The molecule has 6 nitrogen and oxygen atoms in total. The van der Waals surface area contributed by atoms with Crippen molar-refractivity contribution in [3.8, 4) is 0 Å². The van der Waals surface area contributed by atoms with Gasteiger partial charge in [0, 0.05) is 6.54 Å². The fourth-order valence-corrected chi connectivity index (χ4v) is 1.05. The van der Waals surface area contributed by atoms with Gasteiger partial charge in [-0.2, -0.15) is 0 Å². The average molecular weight is 185 g/mol. The highest BCUT2D eigenvalue weighted by molar-refractivity contribution is 6.02. The van der Waals surface area contributed by atoms with Crippen molar-refractivity contribution in [2.45, 2.75) is 6.92 Å². The third-order valence-corrected chi connectivity index (χ3v) is 1.85. The van der Waals surface area contributed by atoms with E-state index in [9.17, 15) is 14.4 Å². The zero-order valence-corrected chi connectivity index (χ0v) is 7.24. The highest BCUT2D eigenvalue weighted by Crippen LogP contribution is 2.03. The Balaban J connectivity index is 2.50. The lowest BCUT2D eigenvalue weighted by molar-refractivity contribution is -0.122. The zero-order chi connectivity index (χ0) is 10.0. The topological polar surface area (TPSA) is 92.5 Å². The minimum Gasteiger partial charge on any atom is -0.369 e. The molecule has 1 aliphatic rings. The summed E-state index contributed by atoms with van der Waals surface area (Å²) < 4.78 is 0. The molecule has 1 rings (SSSR count). The standard InChI is InChI=1S/C7H11N3O3/c1-4(6(8)12)2-10-3-5(11)9-7(10)13/h4H,2-3H2,1H3,(H2,8,12)(H,9,11,13). The summed E-state index contributed by atoms with van der Waals surface area (Å²) in [4.78, 5) is 33.6. The number of hydrogen-bond donors (Lipinski definition) is 2. The second kappa shape index (κ2) is 3.42. The summed E-state index contributed by atoms with van der Waals surface area (Å²) >= 11 is 0. The Labute approximate surface area is 75.1 Å². The summed E-state index contributed by atoms with van der Waals surface area (Å²) in [6.07, 6.45) is 0. The first kappa shape index (κ1) is 9.50. The number of hydrogen-bond acceptors (Lipinski definition) is 3. The van der Waals surface area contributed by atoms with Crippen LogP contribution in [0.5, 0.6) is 0 Å². The average Bonchev–Trinajstić information content (AvgIpc) is 2.30. The number of imide groups is 1. The molecule has 1 fully saturated rings. The Hall–Kier alpha value is -1.59. The van der Waals surface area contributed by atoms with E-state index in [0.29, 0.717) is 0 Å². The van der Waals surface area contributed by atoms with Crippen molar-refractivity contribution in [2.75, 3.05) is 13.1 Å². The van der Waals surface area contributed by atoms with Gasteiger partial charge < -0.3 is 10.6 Å². The molecule has 0 spiro atoms. The van der Waals surface area contributed by atoms with Gasteiger partial charge >= 0.3 is 6.03 Å². The van der Waals surface area contributed by atoms with Crippen molar-refractivity contribution >= 4 is 17.8 Å². The van der Waals surface area contributed by atoms with E-state index in [1.165, 1.54) is 4.90 Å². The molecule has 1 saturated heterocycles. The van der Waals surface area contributed by atoms with Gasteiger partial charge in [0.05, 0.1) is 5.92 Å². The van der Waals surface area contributed by atoms with Gasteiger partial charge in [-0.1, -0.05) is 6.92 Å². The molecular formula is C7H11N3O3. The Kier molecular flexibility index (Phi) is 2.50. The predicted octanol–water partition coefficient (Wildman–Crippen LogP) is -1.34. The number of carbonyl (C=O) groups is 3. The van der Waals surface area contributed by atoms with E-state index in [2.05, 4.69) is 5.32 Å². The van der Waals surface area contributed by atoms with Crippen molar-refractivity contribution in [3.05, 3.63) is 0 Å². The van der Waals surface area contributed by atoms with Crippen LogP contribution in [-0.2, 0) is 9.59 Å². The van der Waals surface area contributed by atoms with Crippen LogP contribution in [-0.4, -0.2) is 35.8 Å². The molecule has 0 aromatic rings. The highest BCUT2D eigenvalue weighted by atomic mass is 16.2. The summed E-state index contributed by atoms with van der Waals surface area (Å²) in [6, 6.07) is -0.460. The van der Waals surface area contributed by atoms with Gasteiger partial charge in [-0.3, -0.25) is 14.9 Å². The molecule has 0 saturated carbocycles. The number of carbonyl (C=O) groups excluding carboxylic acids is 3. The molecule has 1 unspecified atom stereocenters. The number of nitrogens with zero attached hydrogens (tertiary/aromatic N) is 1. The number of rotatable bonds is 3. The molecule has 1 heterocycles. The van der Waals surface area contributed by atoms with Crippen molar-refractivity contribution in [1.82, 2.24) is 10.2 Å². The minimum absolute atomic E-state index is 0.0104. The van der Waals surface area contributed by atoms with Gasteiger partial charge in [0.25, 0.3) is 0 Å². The van der Waals surface area contributed by atoms with Crippen LogP contribution >= 0.6 is 0 Å². The SMILES string of the molecule is CC(CN1CC(=O)NC1=O)C(N)=O. The maximum atomic E-state index is 11.0. The lowest BCUT2D eigenvalue weighted by Gasteiger charge is -2.15. The molecule has 0 aliphatic carbocycles. The number of primary amides is 1. The lowest BCUT2D eigenvalue weighted by atomic mass is 10.1. The van der Waals surface area contributed by atoms with Crippen molar-refractivity contribution in [3.63, 3.8) is 0 Å². The van der Waals surface area contributed by atoms with Gasteiger partial charge in [-0.25, -0.2) is 4.79 Å². The third kappa shape index (κ3) is 2.17. The van der Waals surface area contributed by atoms with Crippen LogP contribution in [0, 0.1) is 5.92 Å². The van der Waals surface area contributed by atoms with E-state index in [4.69, 9.17) is 5.73 Å². The fraction of sp³-hybridized carbons (Fsp3) is 0.571. The normalized spacial score (nSPS) is 18.7. The summed E-state index contributed by atoms with van der Waals surface area (Å²) in [6.45, 7) is 1.81. The summed E-state index contributed by atoms with van der Waals surface area (Å²) in [7, 11) is 0. The van der Waals surface area contributed by atoms with Gasteiger partial charge in [0.15, 0.2) is 0 Å². The first-order chi connectivity index (χ1) is 6.00. The van der Waals surface area contributed by atoms with Crippen LogP contribution in [0.1, 0.15) is 6.92 Å². The molecule has 6 heteroatoms. The molecule has 1 aliphatic heterocycles. The predicted molar refractivity (Wildman–Crippen MR) is 43.5 cm³/mol. The number of nitrogens with two attached hydrogens (primary N) is 1. The van der Waals surface area contributed by atoms with Crippen LogP contribution in [0.3, 0.4) is 0 Å². The molecule has 0 radical (unpaired) electrons. The molecule has 0 aromatic carbocycles. The van der Waals surface area contributed by atoms with Gasteiger partial charge in [0.2, 0.25) is 11.8 Å². The van der Waals surface area contributed by atoms with Crippen LogP contribution in [0.15, 0.2) is 0 Å². The molecule has 0 bridgehead atoms. The Morgan fingerprint density at radius 3 is 2.69 bits per heavy atom. The van der Waals surface area contributed by atoms with Gasteiger partial charge in [-0.15, -0.1) is 0 Å². The first-order valence-corrected chi connectivity index (χ1v) is 3.88. The Morgan fingerprint density at radius 1 is 1.69 bits per heavy atom. The lowest BCUT2D eigenvalue weighted by Crippen LogP contribution is -2.36. The van der Waals surface area contributed by atoms with Crippen LogP contribution in [0.25, 0.3) is 0 Å². The maximum Gasteiger partial charge on any atom is 0.324 e. The second-order valence-corrected chi connectivity index (χ2v) is 3.04. The molecule has 3 N–H and O–H groups in total. The first-order valence-electron chi connectivity index (χ1n) is 3.88. The largest absolute Gasteiger partial charge is 0.369 e. The molecule has 13 heavy (non-hydrogen) atoms. The van der Waals surface area contributed by atoms with Gasteiger partial charge in [-0.05, 0) is 0 Å². The quantitative estimate of drug-likeness (QED) is 0.533. The third-order valence-electron chi connectivity index (χ3n) is 1.85. The van der Waals surface area contributed by atoms with Gasteiger partial charge in [0.1, 0.15) is 6.54 Å². The van der Waals surface area contributed by atoms with Crippen LogP contribution < -0.4 is 11.1 Å². The van der Waals surface area contributed by atoms with E-state index in [1.54, 1.807) is 6.92 Å². The zero-order valence-electron chi connectivity index (χ0n) is 7.24. The number of amides is 4. The Bertz CT molecular complexity index is 264. The molecule has 72 valence electrons. The van der Waals surface area contributed by atoms with Crippen molar-refractivity contribution in [2.24, 2.45) is 11.7 Å². The van der Waals surface area contributed by atoms with Crippen molar-refractivity contribution < 1.29 is 14.4 Å². The number of nitrogens with one attached hydrogen (secondary N) is 1. The molecular weight excluding hydrogens is 174 g/mol. The van der Waals surface area contributed by atoms with E-state index >= 15 is 0 Å². The van der Waals surface area contributed by atoms with Crippen LogP contribution in [0.4, 0.5) is 4.79 Å². The second-order valence-electron chi connectivity index (χ2n) is 3.04. The maximum absolute atomic E-state index is 11.0. The smallest absolute Gasteiger partial charge is 0.324 e. The van der Waals surface area contributed by atoms with E-state index in [0.717, 1.165) is 0 Å². The summed E-state index contributed by atoms with van der Waals surface area (Å²) in [5, 5.41) is 2.11. The van der Waals surface area contributed by atoms with E-state index < -0.39 is 17.9 Å². The minimum atomic E-state index is -0.479. The van der Waals surface area contributed by atoms with Crippen LogP contribution in [0.2, 0.25) is 0 Å². The summed E-state index contributed by atoms with van der Waals surface area (Å²) in [5.41, 5.74) is 5.01. The van der Waals surface area contributed by atoms with E-state index in [-0.39, 0.29) is 19.0 Å². The summed E-state index contributed by atoms with van der Waals surface area (Å²) in [5.74, 6) is -1.26. The van der Waals surface area contributed by atoms with Crippen molar-refractivity contribution in [1.29, 1.82) is 0 Å². The molecule has 0 aromatic heterocycles. The van der Waals surface area contributed by atoms with E-state index in [1.807, 2.05) is 0 Å². The monoisotopic (exact) mass is 185 g/mol. The molecule has 4 amide bonds. The number of urea groups is 1. The fourth-order valence-electron chi connectivity index (χ4n) is 1.05. The highest BCUT2D eigenvalue weighted by Gasteiger charge is 2.28.